The van der Waals surface area contributed by atoms with Crippen molar-refractivity contribution >= 4 is 0 Å². The Morgan fingerprint density at radius 1 is 1.42 bits per heavy atom. The lowest BCUT2D eigenvalue weighted by Gasteiger charge is -2.03. The molecule has 0 fully saturated rings. The molecule has 1 rings (SSSR count). The maximum atomic E-state index is 12.6. The summed E-state index contributed by atoms with van der Waals surface area (Å²) in [7, 11) is 0. The molecule has 1 atom stereocenters. The van der Waals surface area contributed by atoms with Gasteiger partial charge in [-0.1, -0.05) is 12.1 Å². The summed E-state index contributed by atoms with van der Waals surface area (Å²) < 4.78 is 25.1. The van der Waals surface area contributed by atoms with E-state index in [0.717, 1.165) is 0 Å². The third kappa shape index (κ3) is 2.58. The van der Waals surface area contributed by atoms with Crippen LogP contribution in [0, 0.1) is 5.82 Å². The number of hydrogen-bond donors (Lipinski definition) is 1. The Labute approximate surface area is 69.7 Å². The highest BCUT2D eigenvalue weighted by molar-refractivity contribution is 5.16. The zero-order valence-electron chi connectivity index (χ0n) is 6.50. The van der Waals surface area contributed by atoms with Crippen LogP contribution in [0.4, 0.5) is 8.78 Å². The van der Waals surface area contributed by atoms with Gasteiger partial charge in [-0.25, -0.2) is 8.78 Å². The van der Waals surface area contributed by atoms with Gasteiger partial charge in [-0.3, -0.25) is 0 Å². The average molecular weight is 172 g/mol. The minimum Gasteiger partial charge on any atom is -0.393 e. The number of aliphatic hydroxyl groups excluding tert-OH is 1. The number of hydrogen-bond acceptors (Lipinski definition) is 1. The number of benzene rings is 1. The van der Waals surface area contributed by atoms with Crippen molar-refractivity contribution < 1.29 is 13.9 Å². The van der Waals surface area contributed by atoms with Gasteiger partial charge in [0.2, 0.25) is 0 Å². The van der Waals surface area contributed by atoms with Crippen LogP contribution < -0.4 is 0 Å². The fourth-order valence-electron chi connectivity index (χ4n) is 0.984. The first kappa shape index (κ1) is 9.13. The SMILES string of the molecule is OC[C@H](F)Cc1cccc(F)c1. The van der Waals surface area contributed by atoms with Crippen molar-refractivity contribution in [3.05, 3.63) is 35.6 Å². The van der Waals surface area contributed by atoms with E-state index in [9.17, 15) is 8.78 Å². The van der Waals surface area contributed by atoms with Gasteiger partial charge < -0.3 is 5.11 Å². The normalized spacial score (nSPS) is 12.9. The highest BCUT2D eigenvalue weighted by Gasteiger charge is 2.05. The maximum absolute atomic E-state index is 12.6. The molecule has 0 spiro atoms. The summed E-state index contributed by atoms with van der Waals surface area (Å²) in [4.78, 5) is 0. The molecule has 0 aromatic heterocycles. The molecule has 12 heavy (non-hydrogen) atoms. The Hall–Kier alpha value is -0.960. The van der Waals surface area contributed by atoms with Gasteiger partial charge >= 0.3 is 0 Å². The maximum Gasteiger partial charge on any atom is 0.127 e. The topological polar surface area (TPSA) is 20.2 Å². The van der Waals surface area contributed by atoms with Crippen molar-refractivity contribution in [2.45, 2.75) is 12.6 Å². The van der Waals surface area contributed by atoms with Crippen molar-refractivity contribution in [2.75, 3.05) is 6.61 Å². The van der Waals surface area contributed by atoms with Crippen molar-refractivity contribution in [2.24, 2.45) is 0 Å². The minimum atomic E-state index is -1.30. The molecule has 3 heteroatoms. The third-order valence-corrected chi connectivity index (χ3v) is 1.54. The van der Waals surface area contributed by atoms with E-state index in [4.69, 9.17) is 5.11 Å². The molecular weight excluding hydrogens is 162 g/mol. The van der Waals surface area contributed by atoms with E-state index in [1.54, 1.807) is 6.07 Å². The Morgan fingerprint density at radius 3 is 2.75 bits per heavy atom. The molecule has 0 aliphatic rings. The molecule has 1 aromatic carbocycles. The predicted molar refractivity (Wildman–Crippen MR) is 42.1 cm³/mol. The summed E-state index contributed by atoms with van der Waals surface area (Å²) in [5.74, 6) is -0.377. The molecule has 66 valence electrons. The van der Waals surface area contributed by atoms with Gasteiger partial charge in [0, 0.05) is 6.42 Å². The van der Waals surface area contributed by atoms with Crippen LogP contribution in [0.25, 0.3) is 0 Å². The molecule has 0 aliphatic carbocycles. The fourth-order valence-corrected chi connectivity index (χ4v) is 0.984. The van der Waals surface area contributed by atoms with Crippen LogP contribution in [0.1, 0.15) is 5.56 Å². The molecule has 0 saturated carbocycles. The van der Waals surface area contributed by atoms with Gasteiger partial charge in [-0.15, -0.1) is 0 Å². The van der Waals surface area contributed by atoms with Gasteiger partial charge in [-0.2, -0.15) is 0 Å². The summed E-state index contributed by atoms with van der Waals surface area (Å²) >= 11 is 0. The molecular formula is C9H10F2O. The van der Waals surface area contributed by atoms with Crippen LogP contribution in [0.15, 0.2) is 24.3 Å². The monoisotopic (exact) mass is 172 g/mol. The number of halogens is 2. The lowest BCUT2D eigenvalue weighted by atomic mass is 10.1. The summed E-state index contributed by atoms with van der Waals surface area (Å²) in [6.07, 6.45) is -1.24. The molecule has 0 saturated heterocycles. The Kier molecular flexibility index (Phi) is 3.17. The zero-order valence-corrected chi connectivity index (χ0v) is 6.50. The second kappa shape index (κ2) is 4.16. The minimum absolute atomic E-state index is 0.0637. The van der Waals surface area contributed by atoms with Gasteiger partial charge in [0.1, 0.15) is 12.0 Å². The first-order valence-electron chi connectivity index (χ1n) is 3.71. The van der Waals surface area contributed by atoms with E-state index in [2.05, 4.69) is 0 Å². The van der Waals surface area contributed by atoms with Gasteiger partial charge in [0.05, 0.1) is 6.61 Å². The molecule has 0 bridgehead atoms. The molecule has 1 N–H and O–H groups in total. The quantitative estimate of drug-likeness (QED) is 0.735. The van der Waals surface area contributed by atoms with Crippen LogP contribution in [-0.2, 0) is 6.42 Å². The fraction of sp³-hybridized carbons (Fsp3) is 0.333. The second-order valence-corrected chi connectivity index (χ2v) is 2.61. The summed E-state index contributed by atoms with van der Waals surface area (Å²) in [6.45, 7) is -0.517. The van der Waals surface area contributed by atoms with E-state index < -0.39 is 12.8 Å². The average Bonchev–Trinajstić information content (AvgIpc) is 2.04. The Balaban J connectivity index is 2.63. The van der Waals surface area contributed by atoms with Crippen LogP contribution in [-0.4, -0.2) is 17.9 Å². The zero-order chi connectivity index (χ0) is 8.97. The summed E-state index contributed by atoms with van der Waals surface area (Å²) in [6, 6.07) is 5.72. The van der Waals surface area contributed by atoms with E-state index >= 15 is 0 Å². The highest BCUT2D eigenvalue weighted by Crippen LogP contribution is 2.07. The van der Waals surface area contributed by atoms with Crippen molar-refractivity contribution in [1.82, 2.24) is 0 Å². The summed E-state index contributed by atoms with van der Waals surface area (Å²) in [5, 5.41) is 8.40. The number of rotatable bonds is 3. The lowest BCUT2D eigenvalue weighted by Crippen LogP contribution is -2.09. The van der Waals surface area contributed by atoms with Gasteiger partial charge in [0.25, 0.3) is 0 Å². The highest BCUT2D eigenvalue weighted by atomic mass is 19.1. The standard InChI is InChI=1S/C9H10F2O/c10-8-3-1-2-7(4-8)5-9(11)6-12/h1-4,9,12H,5-6H2/t9-/m1/s1. The van der Waals surface area contributed by atoms with E-state index in [-0.39, 0.29) is 12.2 Å². The van der Waals surface area contributed by atoms with E-state index in [1.165, 1.54) is 18.2 Å². The molecule has 0 heterocycles. The largest absolute Gasteiger partial charge is 0.393 e. The lowest BCUT2D eigenvalue weighted by molar-refractivity contribution is 0.177. The third-order valence-electron chi connectivity index (χ3n) is 1.54. The van der Waals surface area contributed by atoms with E-state index in [1.807, 2.05) is 0 Å². The van der Waals surface area contributed by atoms with E-state index in [0.29, 0.717) is 5.56 Å². The Bertz CT molecular complexity index is 250. The Morgan fingerprint density at radius 2 is 2.17 bits per heavy atom. The number of aliphatic hydroxyl groups is 1. The van der Waals surface area contributed by atoms with Crippen molar-refractivity contribution in [3.63, 3.8) is 0 Å². The molecule has 0 aliphatic heterocycles. The molecule has 0 unspecified atom stereocenters. The van der Waals surface area contributed by atoms with Crippen LogP contribution in [0.2, 0.25) is 0 Å². The van der Waals surface area contributed by atoms with Gasteiger partial charge in [-0.05, 0) is 17.7 Å². The van der Waals surface area contributed by atoms with Crippen molar-refractivity contribution in [3.8, 4) is 0 Å². The first-order valence-corrected chi connectivity index (χ1v) is 3.71. The molecule has 1 aromatic rings. The summed E-state index contributed by atoms with van der Waals surface area (Å²) in [5.41, 5.74) is 0.566. The molecule has 1 nitrogen and oxygen atoms in total. The second-order valence-electron chi connectivity index (χ2n) is 2.61. The van der Waals surface area contributed by atoms with Crippen LogP contribution in [0.5, 0.6) is 0 Å². The van der Waals surface area contributed by atoms with Crippen molar-refractivity contribution in [1.29, 1.82) is 0 Å². The molecule has 0 amide bonds. The smallest absolute Gasteiger partial charge is 0.127 e. The predicted octanol–water partition coefficient (Wildman–Crippen LogP) is 1.70. The number of alkyl halides is 1. The van der Waals surface area contributed by atoms with Crippen LogP contribution >= 0.6 is 0 Å². The molecule has 0 radical (unpaired) electrons. The van der Waals surface area contributed by atoms with Gasteiger partial charge in [0.15, 0.2) is 0 Å². The first-order chi connectivity index (χ1) is 5.72. The van der Waals surface area contributed by atoms with Crippen LogP contribution in [0.3, 0.4) is 0 Å².